The minimum atomic E-state index is -0.922. The van der Waals surface area contributed by atoms with E-state index in [1.165, 1.54) is 0 Å². The normalized spacial score (nSPS) is 55.2. The summed E-state index contributed by atoms with van der Waals surface area (Å²) in [6.45, 7) is 0. The van der Waals surface area contributed by atoms with Gasteiger partial charge in [-0.3, -0.25) is 0 Å². The number of rotatable bonds is 2. The van der Waals surface area contributed by atoms with Gasteiger partial charge in [0.1, 0.15) is 0 Å². The topological polar surface area (TPSA) is 27.7 Å². The predicted molar refractivity (Wildman–Crippen MR) is 55.8 cm³/mol. The van der Waals surface area contributed by atoms with Crippen molar-refractivity contribution in [1.82, 2.24) is 0 Å². The van der Waals surface area contributed by atoms with Gasteiger partial charge in [0.05, 0.1) is 0 Å². The Balaban J connectivity index is 2.00. The van der Waals surface area contributed by atoms with E-state index in [0.717, 1.165) is 12.8 Å². The molecule has 5 atom stereocenters. The zero-order valence-electron chi connectivity index (χ0n) is 8.70. The Kier molecular flexibility index (Phi) is 2.13. The van der Waals surface area contributed by atoms with E-state index in [2.05, 4.69) is 0 Å². The van der Waals surface area contributed by atoms with Gasteiger partial charge in [-0.1, -0.05) is 23.2 Å². The molecule has 0 bridgehead atoms. The Morgan fingerprint density at radius 3 is 2.60 bits per heavy atom. The summed E-state index contributed by atoms with van der Waals surface area (Å²) < 4.78 is 15.6. The lowest BCUT2D eigenvalue weighted by Gasteiger charge is -2.56. The molecule has 0 N–H and O–H groups in total. The van der Waals surface area contributed by atoms with Crippen LogP contribution in [0.5, 0.6) is 0 Å². The van der Waals surface area contributed by atoms with Gasteiger partial charge < -0.3 is 14.2 Å². The first kappa shape index (κ1) is 10.6. The van der Waals surface area contributed by atoms with E-state index in [9.17, 15) is 0 Å². The highest BCUT2D eigenvalue weighted by Gasteiger charge is 2.81. The summed E-state index contributed by atoms with van der Waals surface area (Å²) in [6.07, 6.45) is 1.87. The van der Waals surface area contributed by atoms with Crippen LogP contribution in [-0.4, -0.2) is 30.6 Å². The third kappa shape index (κ3) is 0.956. The molecule has 0 amide bonds. The van der Waals surface area contributed by atoms with Gasteiger partial charge in [-0.15, -0.1) is 0 Å². The second-order valence-electron chi connectivity index (χ2n) is 4.59. The van der Waals surface area contributed by atoms with Crippen LogP contribution in [-0.2, 0) is 14.2 Å². The van der Waals surface area contributed by atoms with Crippen LogP contribution in [0.4, 0.5) is 0 Å². The van der Waals surface area contributed by atoms with E-state index in [-0.39, 0.29) is 12.2 Å². The van der Waals surface area contributed by atoms with E-state index < -0.39 is 10.1 Å². The average Bonchev–Trinajstić information content (AvgIpc) is 2.71. The maximum Gasteiger partial charge on any atom is 0.208 e. The molecule has 3 rings (SSSR count). The summed E-state index contributed by atoms with van der Waals surface area (Å²) >= 11 is 12.7. The number of methoxy groups -OCH3 is 2. The predicted octanol–water partition coefficient (Wildman–Crippen LogP) is 2.16. The molecule has 1 saturated heterocycles. The van der Waals surface area contributed by atoms with Crippen LogP contribution in [0, 0.1) is 17.8 Å². The molecular formula is C10H14Cl2O3. The third-order valence-electron chi connectivity index (χ3n) is 4.25. The second-order valence-corrected chi connectivity index (χ2v) is 5.98. The van der Waals surface area contributed by atoms with Gasteiger partial charge in [0.25, 0.3) is 0 Å². The number of hydrogen-bond donors (Lipinski definition) is 0. The Morgan fingerprint density at radius 2 is 2.00 bits per heavy atom. The van der Waals surface area contributed by atoms with Gasteiger partial charge in [-0.05, 0) is 12.8 Å². The minimum absolute atomic E-state index is 0.223. The van der Waals surface area contributed by atoms with Crippen molar-refractivity contribution < 1.29 is 14.2 Å². The lowest BCUT2D eigenvalue weighted by atomic mass is 9.67. The largest absolute Gasteiger partial charge is 0.355 e. The minimum Gasteiger partial charge on any atom is -0.355 e. The average molecular weight is 253 g/mol. The summed E-state index contributed by atoms with van der Waals surface area (Å²) in [6, 6.07) is 0. The molecule has 1 heterocycles. The molecule has 86 valence electrons. The molecule has 2 saturated carbocycles. The van der Waals surface area contributed by atoms with E-state index >= 15 is 0 Å². The molecule has 1 aliphatic heterocycles. The van der Waals surface area contributed by atoms with Gasteiger partial charge >= 0.3 is 0 Å². The summed E-state index contributed by atoms with van der Waals surface area (Å²) in [4.78, 5) is 0. The maximum atomic E-state index is 6.34. The van der Waals surface area contributed by atoms with Gasteiger partial charge in [0, 0.05) is 32.0 Å². The molecule has 3 aliphatic rings. The van der Waals surface area contributed by atoms with Crippen LogP contribution in [0.2, 0.25) is 0 Å². The van der Waals surface area contributed by atoms with Crippen LogP contribution >= 0.6 is 23.2 Å². The highest BCUT2D eigenvalue weighted by Crippen LogP contribution is 2.73. The van der Waals surface area contributed by atoms with E-state index in [0.29, 0.717) is 11.8 Å². The standard InChI is InChI=1S/C10H14Cl2O3/c1-13-8-5-3-4-6-7(5)10(14-2,15-8)9(6,11)12/h5-8H,3-4H2,1-2H3/t5-,6+,7-,8-,10-/m1/s1. The second kappa shape index (κ2) is 3.02. The number of hydrogen-bond acceptors (Lipinski definition) is 3. The van der Waals surface area contributed by atoms with Gasteiger partial charge in [0.2, 0.25) is 5.79 Å². The van der Waals surface area contributed by atoms with Crippen molar-refractivity contribution in [3.63, 3.8) is 0 Å². The molecule has 0 unspecified atom stereocenters. The fourth-order valence-electron chi connectivity index (χ4n) is 3.63. The van der Waals surface area contributed by atoms with Crippen molar-refractivity contribution >= 4 is 23.2 Å². The Hall–Kier alpha value is 0.460. The zero-order chi connectivity index (χ0) is 10.8. The molecule has 3 nitrogen and oxygen atoms in total. The first-order chi connectivity index (χ1) is 7.08. The quantitative estimate of drug-likeness (QED) is 0.706. The molecule has 3 fully saturated rings. The van der Waals surface area contributed by atoms with Gasteiger partial charge in [0.15, 0.2) is 10.6 Å². The lowest BCUT2D eigenvalue weighted by molar-refractivity contribution is -0.320. The van der Waals surface area contributed by atoms with Crippen molar-refractivity contribution in [3.8, 4) is 0 Å². The molecule has 5 heteroatoms. The smallest absolute Gasteiger partial charge is 0.208 e. The van der Waals surface area contributed by atoms with Crippen molar-refractivity contribution in [1.29, 1.82) is 0 Å². The Labute approximate surface area is 99.0 Å². The van der Waals surface area contributed by atoms with Crippen molar-refractivity contribution in [2.75, 3.05) is 14.2 Å². The lowest BCUT2D eigenvalue weighted by Crippen LogP contribution is -2.68. The molecule has 0 radical (unpaired) electrons. The summed E-state index contributed by atoms with van der Waals surface area (Å²) in [5.74, 6) is 0.113. The maximum absolute atomic E-state index is 6.34. The molecule has 0 spiro atoms. The number of alkyl halides is 2. The van der Waals surface area contributed by atoms with Gasteiger partial charge in [-0.2, -0.15) is 0 Å². The fraction of sp³-hybridized carbons (Fsp3) is 1.00. The fourth-order valence-corrected chi connectivity index (χ4v) is 4.62. The highest BCUT2D eigenvalue weighted by molar-refractivity contribution is 6.50. The third-order valence-corrected chi connectivity index (χ3v) is 5.34. The van der Waals surface area contributed by atoms with E-state index in [1.807, 2.05) is 0 Å². The van der Waals surface area contributed by atoms with E-state index in [1.54, 1.807) is 14.2 Å². The van der Waals surface area contributed by atoms with Gasteiger partial charge in [-0.25, -0.2) is 0 Å². The Bertz CT molecular complexity index is 296. The summed E-state index contributed by atoms with van der Waals surface area (Å²) in [7, 11) is 3.25. The first-order valence-electron chi connectivity index (χ1n) is 5.22. The molecule has 15 heavy (non-hydrogen) atoms. The molecular weight excluding hydrogens is 239 g/mol. The molecule has 0 aromatic heterocycles. The Morgan fingerprint density at radius 1 is 1.27 bits per heavy atom. The number of halogens is 2. The monoisotopic (exact) mass is 252 g/mol. The number of ether oxygens (including phenoxy) is 3. The van der Waals surface area contributed by atoms with E-state index in [4.69, 9.17) is 37.4 Å². The van der Waals surface area contributed by atoms with Crippen molar-refractivity contribution in [2.45, 2.75) is 29.3 Å². The van der Waals surface area contributed by atoms with Crippen LogP contribution in [0.25, 0.3) is 0 Å². The molecule has 2 aliphatic carbocycles. The van der Waals surface area contributed by atoms with Crippen LogP contribution in [0.3, 0.4) is 0 Å². The summed E-state index contributed by atoms with van der Waals surface area (Å²) in [5.41, 5.74) is 0. The summed E-state index contributed by atoms with van der Waals surface area (Å²) in [5, 5.41) is 0. The van der Waals surface area contributed by atoms with Crippen LogP contribution < -0.4 is 0 Å². The van der Waals surface area contributed by atoms with Crippen LogP contribution in [0.1, 0.15) is 12.8 Å². The molecule has 0 aromatic rings. The van der Waals surface area contributed by atoms with Crippen molar-refractivity contribution in [3.05, 3.63) is 0 Å². The highest BCUT2D eigenvalue weighted by atomic mass is 35.5. The molecule has 0 aromatic carbocycles. The zero-order valence-corrected chi connectivity index (χ0v) is 10.2. The first-order valence-corrected chi connectivity index (χ1v) is 5.97. The SMILES string of the molecule is CO[C@@H]1O[C@]2(OC)[C@@H]3[C@H]1CC[C@@H]3C2(Cl)Cl. The van der Waals surface area contributed by atoms with Crippen molar-refractivity contribution in [2.24, 2.45) is 17.8 Å². The van der Waals surface area contributed by atoms with Crippen LogP contribution in [0.15, 0.2) is 0 Å².